The molecule has 0 spiro atoms. The Balaban J connectivity index is 2.92. The summed E-state index contributed by atoms with van der Waals surface area (Å²) in [5.74, 6) is 5.51. The summed E-state index contributed by atoms with van der Waals surface area (Å²) in [6, 6.07) is 1.30. The van der Waals surface area contributed by atoms with E-state index < -0.39 is 10.0 Å². The van der Waals surface area contributed by atoms with E-state index in [0.29, 0.717) is 11.5 Å². The third kappa shape index (κ3) is 5.29. The minimum Gasteiger partial charge on any atom is -0.384 e. The van der Waals surface area contributed by atoms with Crippen LogP contribution in [0.15, 0.2) is 23.4 Å². The lowest BCUT2D eigenvalue weighted by Gasteiger charge is -2.16. The lowest BCUT2D eigenvalue weighted by atomic mass is 10.1. The Morgan fingerprint density at radius 2 is 2.05 bits per heavy atom. The van der Waals surface area contributed by atoms with Gasteiger partial charge in [-0.1, -0.05) is 25.7 Å². The van der Waals surface area contributed by atoms with Crippen molar-refractivity contribution < 1.29 is 13.5 Å². The molecule has 1 aromatic rings. The van der Waals surface area contributed by atoms with Crippen LogP contribution in [0.3, 0.4) is 0 Å². The zero-order valence-corrected chi connectivity index (χ0v) is 12.7. The maximum Gasteiger partial charge on any atom is 0.242 e. The highest BCUT2D eigenvalue weighted by atomic mass is 32.2. The molecule has 1 rings (SSSR count). The van der Waals surface area contributed by atoms with Crippen molar-refractivity contribution in [1.82, 2.24) is 9.71 Å². The first-order valence-electron chi connectivity index (χ1n) is 6.42. The number of hydrogen-bond acceptors (Lipinski definition) is 4. The molecule has 110 valence electrons. The van der Waals surface area contributed by atoms with Crippen molar-refractivity contribution in [2.24, 2.45) is 5.92 Å². The fraction of sp³-hybridized carbons (Fsp3) is 0.500. The molecular weight excluding hydrogens is 276 g/mol. The Morgan fingerprint density at radius 3 is 2.65 bits per heavy atom. The molecule has 20 heavy (non-hydrogen) atoms. The molecule has 1 aromatic heterocycles. The third-order valence-electron chi connectivity index (χ3n) is 2.52. The van der Waals surface area contributed by atoms with Crippen LogP contribution < -0.4 is 4.72 Å². The Kier molecular flexibility index (Phi) is 6.14. The number of sulfonamides is 1. The van der Waals surface area contributed by atoms with Gasteiger partial charge in [-0.2, -0.15) is 0 Å². The van der Waals surface area contributed by atoms with Gasteiger partial charge in [-0.15, -0.1) is 0 Å². The van der Waals surface area contributed by atoms with Crippen molar-refractivity contribution in [3.8, 4) is 11.8 Å². The van der Waals surface area contributed by atoms with E-state index in [0.717, 1.165) is 6.42 Å². The average Bonchev–Trinajstić information content (AvgIpc) is 2.35. The number of aromatic nitrogens is 1. The second kappa shape index (κ2) is 7.39. The van der Waals surface area contributed by atoms with Crippen molar-refractivity contribution in [2.75, 3.05) is 6.61 Å². The van der Waals surface area contributed by atoms with Crippen molar-refractivity contribution in [3.63, 3.8) is 0 Å². The quantitative estimate of drug-likeness (QED) is 0.799. The van der Waals surface area contributed by atoms with Crippen LogP contribution in [0.5, 0.6) is 0 Å². The van der Waals surface area contributed by atoms with E-state index in [2.05, 4.69) is 21.5 Å². The molecule has 0 aliphatic heterocycles. The summed E-state index contributed by atoms with van der Waals surface area (Å²) in [7, 11) is -3.60. The lowest BCUT2D eigenvalue weighted by Crippen LogP contribution is -2.33. The molecule has 0 aliphatic carbocycles. The minimum atomic E-state index is -3.60. The van der Waals surface area contributed by atoms with Crippen LogP contribution in [0.25, 0.3) is 0 Å². The van der Waals surface area contributed by atoms with E-state index in [-0.39, 0.29) is 17.5 Å². The van der Waals surface area contributed by atoms with Crippen LogP contribution in [0.1, 0.15) is 32.8 Å². The molecule has 6 heteroatoms. The zero-order valence-electron chi connectivity index (χ0n) is 11.9. The summed E-state index contributed by atoms with van der Waals surface area (Å²) in [5, 5.41) is 8.63. The van der Waals surface area contributed by atoms with Crippen molar-refractivity contribution in [1.29, 1.82) is 0 Å². The highest BCUT2D eigenvalue weighted by Crippen LogP contribution is 2.12. The summed E-state index contributed by atoms with van der Waals surface area (Å²) in [5.41, 5.74) is 0.457. The first-order chi connectivity index (χ1) is 9.35. The summed E-state index contributed by atoms with van der Waals surface area (Å²) in [4.78, 5) is 3.95. The topological polar surface area (TPSA) is 79.3 Å². The number of nitrogens with zero attached hydrogens (tertiary/aromatic N) is 1. The van der Waals surface area contributed by atoms with Crippen molar-refractivity contribution in [2.45, 2.75) is 38.1 Å². The fourth-order valence-corrected chi connectivity index (χ4v) is 3.11. The van der Waals surface area contributed by atoms with Crippen LogP contribution in [-0.4, -0.2) is 31.2 Å². The number of pyridine rings is 1. The SMILES string of the molecule is CC(C)CC(C)NS(=O)(=O)c1cncc(C#CCO)c1. The Morgan fingerprint density at radius 1 is 1.35 bits per heavy atom. The van der Waals surface area contributed by atoms with Gasteiger partial charge in [0.2, 0.25) is 10.0 Å². The third-order valence-corrected chi connectivity index (χ3v) is 4.07. The maximum absolute atomic E-state index is 12.2. The number of nitrogens with one attached hydrogen (secondary N) is 1. The second-order valence-electron chi connectivity index (χ2n) is 5.02. The molecule has 5 nitrogen and oxygen atoms in total. The minimum absolute atomic E-state index is 0.0813. The Labute approximate surface area is 120 Å². The standard InChI is InChI=1S/C14H20N2O3S/c1-11(2)7-12(3)16-20(18,19)14-8-13(5-4-6-17)9-15-10-14/h8-12,16-17H,6-7H2,1-3H3. The smallest absolute Gasteiger partial charge is 0.242 e. The van der Waals surface area contributed by atoms with Gasteiger partial charge in [0.1, 0.15) is 11.5 Å². The molecule has 0 aliphatic rings. The van der Waals surface area contributed by atoms with Crippen LogP contribution in [0.2, 0.25) is 0 Å². The molecule has 1 atom stereocenters. The van der Waals surface area contributed by atoms with Gasteiger partial charge in [0.15, 0.2) is 0 Å². The highest BCUT2D eigenvalue weighted by molar-refractivity contribution is 7.89. The molecule has 0 fully saturated rings. The molecule has 0 radical (unpaired) electrons. The highest BCUT2D eigenvalue weighted by Gasteiger charge is 2.18. The van der Waals surface area contributed by atoms with Gasteiger partial charge in [0.05, 0.1) is 0 Å². The van der Waals surface area contributed by atoms with Crippen LogP contribution >= 0.6 is 0 Å². The molecule has 1 heterocycles. The number of aliphatic hydroxyl groups excluding tert-OH is 1. The lowest BCUT2D eigenvalue weighted by molar-refractivity contribution is 0.350. The molecule has 0 saturated carbocycles. The van der Waals surface area contributed by atoms with E-state index in [9.17, 15) is 8.42 Å². The van der Waals surface area contributed by atoms with Gasteiger partial charge in [-0.05, 0) is 25.3 Å². The predicted octanol–water partition coefficient (Wildman–Crippen LogP) is 1.14. The van der Waals surface area contributed by atoms with E-state index in [1.165, 1.54) is 18.5 Å². The van der Waals surface area contributed by atoms with E-state index in [1.54, 1.807) is 0 Å². The van der Waals surface area contributed by atoms with Crippen LogP contribution in [0, 0.1) is 17.8 Å². The molecule has 1 unspecified atom stereocenters. The maximum atomic E-state index is 12.2. The summed E-state index contributed by atoms with van der Waals surface area (Å²) >= 11 is 0. The van der Waals surface area contributed by atoms with E-state index in [1.807, 2.05) is 20.8 Å². The van der Waals surface area contributed by atoms with Gasteiger partial charge in [0.25, 0.3) is 0 Å². The average molecular weight is 296 g/mol. The second-order valence-corrected chi connectivity index (χ2v) is 6.74. The molecule has 0 aromatic carbocycles. The Hall–Kier alpha value is -1.42. The van der Waals surface area contributed by atoms with Gasteiger partial charge in [0, 0.05) is 24.0 Å². The van der Waals surface area contributed by atoms with Crippen molar-refractivity contribution in [3.05, 3.63) is 24.0 Å². The molecular formula is C14H20N2O3S. The van der Waals surface area contributed by atoms with Gasteiger partial charge in [-0.3, -0.25) is 4.98 Å². The van der Waals surface area contributed by atoms with Crippen LogP contribution in [0.4, 0.5) is 0 Å². The Bertz CT molecular complexity index is 600. The van der Waals surface area contributed by atoms with E-state index in [4.69, 9.17) is 5.11 Å². The number of aliphatic hydroxyl groups is 1. The molecule has 0 saturated heterocycles. The van der Waals surface area contributed by atoms with E-state index >= 15 is 0 Å². The monoisotopic (exact) mass is 296 g/mol. The fourth-order valence-electron chi connectivity index (χ4n) is 1.86. The summed E-state index contributed by atoms with van der Waals surface area (Å²) in [6.07, 6.45) is 3.50. The van der Waals surface area contributed by atoms with Gasteiger partial charge >= 0.3 is 0 Å². The summed E-state index contributed by atoms with van der Waals surface area (Å²) < 4.78 is 27.0. The van der Waals surface area contributed by atoms with Gasteiger partial charge in [-0.25, -0.2) is 13.1 Å². The van der Waals surface area contributed by atoms with Gasteiger partial charge < -0.3 is 5.11 Å². The molecule has 0 amide bonds. The first kappa shape index (κ1) is 16.6. The number of rotatable bonds is 5. The number of hydrogen-bond donors (Lipinski definition) is 2. The van der Waals surface area contributed by atoms with Crippen LogP contribution in [-0.2, 0) is 10.0 Å². The predicted molar refractivity (Wildman–Crippen MR) is 77.4 cm³/mol. The molecule has 0 bridgehead atoms. The normalized spacial score (nSPS) is 12.8. The first-order valence-corrected chi connectivity index (χ1v) is 7.90. The summed E-state index contributed by atoms with van der Waals surface area (Å²) in [6.45, 7) is 5.63. The largest absolute Gasteiger partial charge is 0.384 e. The van der Waals surface area contributed by atoms with Crippen molar-refractivity contribution >= 4 is 10.0 Å². The zero-order chi connectivity index (χ0) is 15.2. The molecule has 2 N–H and O–H groups in total.